The van der Waals surface area contributed by atoms with Gasteiger partial charge in [0.15, 0.2) is 5.56 Å². The fourth-order valence-electron chi connectivity index (χ4n) is 1.16. The molecule has 0 aliphatic rings. The third-order valence-electron chi connectivity index (χ3n) is 1.71. The first-order chi connectivity index (χ1) is 7.07. The quantitative estimate of drug-likeness (QED) is 0.604. The molecule has 15 heavy (non-hydrogen) atoms. The molecule has 1 aromatic carbocycles. The predicted octanol–water partition coefficient (Wildman–Crippen LogP) is 1.69. The molecule has 0 fully saturated rings. The third-order valence-corrected chi connectivity index (χ3v) is 1.71. The van der Waals surface area contributed by atoms with Crippen molar-refractivity contribution in [2.75, 3.05) is 6.61 Å². The molecule has 0 aliphatic carbocycles. The summed E-state index contributed by atoms with van der Waals surface area (Å²) >= 11 is 0. The maximum atomic E-state index is 10.8. The zero-order valence-electron chi connectivity index (χ0n) is 7.97. The molecule has 6 nitrogen and oxygen atoms in total. The average Bonchev–Trinajstić information content (AvgIpc) is 2.17. The minimum absolute atomic E-state index is 0.0131. The lowest BCUT2D eigenvalue weighted by Gasteiger charge is -2.06. The highest BCUT2D eigenvalue weighted by Gasteiger charge is 2.24. The molecular weight excluding hydrogens is 202 g/mol. The van der Waals surface area contributed by atoms with Crippen LogP contribution in [0.1, 0.15) is 17.3 Å². The zero-order valence-corrected chi connectivity index (χ0v) is 7.97. The van der Waals surface area contributed by atoms with E-state index in [9.17, 15) is 14.9 Å². The summed E-state index contributed by atoms with van der Waals surface area (Å²) in [6.07, 6.45) is 0. The molecule has 1 aromatic rings. The van der Waals surface area contributed by atoms with Crippen molar-refractivity contribution in [2.45, 2.75) is 6.92 Å². The number of ether oxygens (including phenoxy) is 1. The fourth-order valence-corrected chi connectivity index (χ4v) is 1.16. The molecule has 1 N–H and O–H groups in total. The van der Waals surface area contributed by atoms with Gasteiger partial charge in [0.2, 0.25) is 0 Å². The van der Waals surface area contributed by atoms with Crippen LogP contribution in [0, 0.1) is 10.1 Å². The van der Waals surface area contributed by atoms with Gasteiger partial charge in [-0.05, 0) is 13.0 Å². The molecule has 0 aliphatic heterocycles. The van der Waals surface area contributed by atoms with E-state index in [4.69, 9.17) is 9.84 Å². The van der Waals surface area contributed by atoms with Gasteiger partial charge in [-0.3, -0.25) is 10.1 Å². The van der Waals surface area contributed by atoms with Crippen LogP contribution in [0.5, 0.6) is 5.75 Å². The second-order valence-electron chi connectivity index (χ2n) is 2.65. The number of hydrogen-bond donors (Lipinski definition) is 1. The third kappa shape index (κ3) is 2.22. The summed E-state index contributed by atoms with van der Waals surface area (Å²) in [6.45, 7) is 1.92. The van der Waals surface area contributed by atoms with Crippen LogP contribution in [0.2, 0.25) is 0 Å². The minimum atomic E-state index is -1.37. The van der Waals surface area contributed by atoms with E-state index in [1.165, 1.54) is 12.1 Å². The highest BCUT2D eigenvalue weighted by molar-refractivity contribution is 5.95. The van der Waals surface area contributed by atoms with Gasteiger partial charge < -0.3 is 9.84 Å². The molecular formula is C9H9NO5. The maximum absolute atomic E-state index is 10.8. The highest BCUT2D eigenvalue weighted by Crippen LogP contribution is 2.28. The molecule has 0 unspecified atom stereocenters. The van der Waals surface area contributed by atoms with Crippen molar-refractivity contribution >= 4 is 11.7 Å². The molecule has 0 radical (unpaired) electrons. The Hall–Kier alpha value is -2.11. The van der Waals surface area contributed by atoms with E-state index in [1.807, 2.05) is 0 Å². The molecule has 6 heteroatoms. The Kier molecular flexibility index (Phi) is 3.22. The van der Waals surface area contributed by atoms with Gasteiger partial charge in [0.1, 0.15) is 5.75 Å². The van der Waals surface area contributed by atoms with E-state index < -0.39 is 22.1 Å². The number of benzene rings is 1. The summed E-state index contributed by atoms with van der Waals surface area (Å²) in [7, 11) is 0. The summed E-state index contributed by atoms with van der Waals surface area (Å²) in [5.74, 6) is -1.36. The summed E-state index contributed by atoms with van der Waals surface area (Å²) in [5.41, 5.74) is -0.877. The molecule has 1 rings (SSSR count). The second-order valence-corrected chi connectivity index (χ2v) is 2.65. The van der Waals surface area contributed by atoms with Crippen LogP contribution in [0.3, 0.4) is 0 Å². The fraction of sp³-hybridized carbons (Fsp3) is 0.222. The summed E-state index contributed by atoms with van der Waals surface area (Å²) < 4.78 is 5.00. The zero-order chi connectivity index (χ0) is 11.4. The Morgan fingerprint density at radius 2 is 2.27 bits per heavy atom. The molecule has 0 heterocycles. The molecule has 0 saturated carbocycles. The SMILES string of the molecule is CCOc1cccc([N+](=O)[O-])c1C(=O)O. The van der Waals surface area contributed by atoms with Gasteiger partial charge in [-0.15, -0.1) is 0 Å². The number of nitrogens with zero attached hydrogens (tertiary/aromatic N) is 1. The number of nitro groups is 1. The molecule has 0 atom stereocenters. The van der Waals surface area contributed by atoms with Crippen molar-refractivity contribution in [3.63, 3.8) is 0 Å². The van der Waals surface area contributed by atoms with Gasteiger partial charge in [0.05, 0.1) is 11.5 Å². The second kappa shape index (κ2) is 4.41. The topological polar surface area (TPSA) is 89.7 Å². The maximum Gasteiger partial charge on any atom is 0.346 e. The highest BCUT2D eigenvalue weighted by atomic mass is 16.6. The van der Waals surface area contributed by atoms with Crippen LogP contribution < -0.4 is 4.74 Å². The van der Waals surface area contributed by atoms with Crippen LogP contribution in [-0.2, 0) is 0 Å². The smallest absolute Gasteiger partial charge is 0.346 e. The number of rotatable bonds is 4. The largest absolute Gasteiger partial charge is 0.493 e. The van der Waals surface area contributed by atoms with E-state index in [1.54, 1.807) is 6.92 Å². The molecule has 0 aromatic heterocycles. The molecule has 0 amide bonds. The number of carbonyl (C=O) groups is 1. The Morgan fingerprint density at radius 3 is 2.73 bits per heavy atom. The van der Waals surface area contributed by atoms with Crippen LogP contribution >= 0.6 is 0 Å². The van der Waals surface area contributed by atoms with E-state index in [2.05, 4.69) is 0 Å². The number of hydrogen-bond acceptors (Lipinski definition) is 4. The summed E-state index contributed by atoms with van der Waals surface area (Å²) in [4.78, 5) is 20.7. The normalized spacial score (nSPS) is 9.67. The van der Waals surface area contributed by atoms with Crippen molar-refractivity contribution < 1.29 is 19.6 Å². The van der Waals surface area contributed by atoms with Crippen molar-refractivity contribution in [1.82, 2.24) is 0 Å². The van der Waals surface area contributed by atoms with Crippen molar-refractivity contribution in [1.29, 1.82) is 0 Å². The van der Waals surface area contributed by atoms with Crippen LogP contribution in [-0.4, -0.2) is 22.6 Å². The number of aromatic carboxylic acids is 1. The molecule has 0 spiro atoms. The Bertz CT molecular complexity index is 401. The monoisotopic (exact) mass is 211 g/mol. The first kappa shape index (κ1) is 11.0. The van der Waals surface area contributed by atoms with Crippen LogP contribution in [0.4, 0.5) is 5.69 Å². The van der Waals surface area contributed by atoms with Gasteiger partial charge in [0, 0.05) is 6.07 Å². The van der Waals surface area contributed by atoms with Gasteiger partial charge in [0.25, 0.3) is 5.69 Å². The number of carboxylic acids is 1. The molecule has 0 bridgehead atoms. The summed E-state index contributed by atoms with van der Waals surface area (Å²) in [5, 5.41) is 19.4. The minimum Gasteiger partial charge on any atom is -0.493 e. The lowest BCUT2D eigenvalue weighted by atomic mass is 10.1. The van der Waals surface area contributed by atoms with Crippen molar-refractivity contribution in [3.05, 3.63) is 33.9 Å². The Balaban J connectivity index is 3.34. The van der Waals surface area contributed by atoms with Gasteiger partial charge in [-0.25, -0.2) is 4.79 Å². The van der Waals surface area contributed by atoms with E-state index in [0.29, 0.717) is 0 Å². The van der Waals surface area contributed by atoms with Crippen LogP contribution in [0.15, 0.2) is 18.2 Å². The average molecular weight is 211 g/mol. The number of nitro benzene ring substituents is 1. The van der Waals surface area contributed by atoms with E-state index in [0.717, 1.165) is 6.07 Å². The Labute approximate surface area is 85.2 Å². The lowest BCUT2D eigenvalue weighted by molar-refractivity contribution is -0.385. The Morgan fingerprint density at radius 1 is 1.60 bits per heavy atom. The molecule has 0 saturated heterocycles. The van der Waals surface area contributed by atoms with E-state index in [-0.39, 0.29) is 12.4 Å². The predicted molar refractivity (Wildman–Crippen MR) is 51.2 cm³/mol. The first-order valence-electron chi connectivity index (χ1n) is 4.21. The first-order valence-corrected chi connectivity index (χ1v) is 4.21. The molecule has 80 valence electrons. The van der Waals surface area contributed by atoms with Gasteiger partial charge in [-0.2, -0.15) is 0 Å². The van der Waals surface area contributed by atoms with E-state index >= 15 is 0 Å². The van der Waals surface area contributed by atoms with Crippen molar-refractivity contribution in [2.24, 2.45) is 0 Å². The summed E-state index contributed by atoms with van der Waals surface area (Å²) in [6, 6.07) is 3.90. The van der Waals surface area contributed by atoms with Crippen molar-refractivity contribution in [3.8, 4) is 5.75 Å². The lowest BCUT2D eigenvalue weighted by Crippen LogP contribution is -2.06. The van der Waals surface area contributed by atoms with Crippen LogP contribution in [0.25, 0.3) is 0 Å². The number of carboxylic acid groups (broad SMARTS) is 1. The van der Waals surface area contributed by atoms with Gasteiger partial charge in [-0.1, -0.05) is 6.07 Å². The van der Waals surface area contributed by atoms with Gasteiger partial charge >= 0.3 is 5.97 Å². The standard InChI is InChI=1S/C9H9NO5/c1-2-15-7-5-3-4-6(10(13)14)8(7)9(11)12/h3-5H,2H2,1H3,(H,11,12).